The van der Waals surface area contributed by atoms with Crippen LogP contribution in [0.4, 0.5) is 0 Å². The zero-order valence-electron chi connectivity index (χ0n) is 8.04. The van der Waals surface area contributed by atoms with Crippen molar-refractivity contribution in [3.63, 3.8) is 0 Å². The van der Waals surface area contributed by atoms with Gasteiger partial charge >= 0.3 is 0 Å². The molecule has 3 rings (SSSR count). The highest BCUT2D eigenvalue weighted by Gasteiger charge is 1.94. The summed E-state index contributed by atoms with van der Waals surface area (Å²) in [7, 11) is 0. The zero-order chi connectivity index (χ0) is 10.3. The van der Waals surface area contributed by atoms with Crippen molar-refractivity contribution in [1.29, 1.82) is 0 Å². The Morgan fingerprint density at radius 2 is 1.47 bits per heavy atom. The molecule has 74 valence electrons. The molecule has 15 heavy (non-hydrogen) atoms. The maximum Gasteiger partial charge on any atom is 0.161 e. The number of nitrogens with one attached hydrogen (secondary N) is 1. The number of aromatic nitrogens is 4. The van der Waals surface area contributed by atoms with E-state index in [-0.39, 0.29) is 0 Å². The van der Waals surface area contributed by atoms with Crippen molar-refractivity contribution in [2.75, 3.05) is 0 Å². The molecule has 0 radical (unpaired) electrons. The average molecular weight is 198 g/mol. The summed E-state index contributed by atoms with van der Waals surface area (Å²) >= 11 is 0. The minimum absolute atomic E-state index is 1.31. The third-order valence-corrected chi connectivity index (χ3v) is 1.93. The van der Waals surface area contributed by atoms with E-state index in [1.54, 1.807) is 0 Å². The van der Waals surface area contributed by atoms with Crippen LogP contribution in [0.15, 0.2) is 54.9 Å². The molecule has 0 saturated heterocycles. The molecule has 0 spiro atoms. The number of tetrazole rings is 1. The van der Waals surface area contributed by atoms with Crippen LogP contribution in [0.5, 0.6) is 0 Å². The Bertz CT molecular complexity index is 419. The van der Waals surface area contributed by atoms with E-state index in [0.29, 0.717) is 0 Å². The van der Waals surface area contributed by atoms with Gasteiger partial charge in [-0.15, -0.1) is 10.2 Å². The molecule has 1 aromatic heterocycles. The van der Waals surface area contributed by atoms with Gasteiger partial charge in [0.1, 0.15) is 0 Å². The van der Waals surface area contributed by atoms with Crippen LogP contribution in [-0.4, -0.2) is 20.6 Å². The molecule has 4 heteroatoms. The topological polar surface area (TPSA) is 54.5 Å². The van der Waals surface area contributed by atoms with Crippen LogP contribution in [0.25, 0.3) is 11.1 Å². The van der Waals surface area contributed by atoms with Crippen LogP contribution in [0.2, 0.25) is 0 Å². The van der Waals surface area contributed by atoms with Crippen molar-refractivity contribution < 1.29 is 0 Å². The lowest BCUT2D eigenvalue weighted by molar-refractivity contribution is 0.881. The van der Waals surface area contributed by atoms with Crippen molar-refractivity contribution in [3.05, 3.63) is 54.9 Å². The normalized spacial score (nSPS) is 9.33. The molecule has 2 aliphatic rings. The summed E-state index contributed by atoms with van der Waals surface area (Å²) in [4.78, 5) is 0. The summed E-state index contributed by atoms with van der Waals surface area (Å²) in [5.41, 5.74) is 2.62. The molecular weight excluding hydrogens is 188 g/mol. The molecule has 1 aromatic rings. The maximum atomic E-state index is 3.38. The second-order valence-electron chi connectivity index (χ2n) is 2.91. The number of nitrogens with zero attached hydrogens (tertiary/aromatic N) is 3. The van der Waals surface area contributed by atoms with Crippen LogP contribution < -0.4 is 0 Å². The lowest BCUT2D eigenvalue weighted by Crippen LogP contribution is -1.64. The highest BCUT2D eigenvalue weighted by atomic mass is 15.5. The standard InChI is InChI=1S/C10H8.CH2N4/c1-2-5-9-7-4-8-10(9)6-3-1;1-2-4-5-3-1/h1-8H;1H,(H,2,3,4,5). The molecule has 0 aromatic carbocycles. The highest BCUT2D eigenvalue weighted by Crippen LogP contribution is 2.19. The summed E-state index contributed by atoms with van der Waals surface area (Å²) in [6.45, 7) is 0. The Morgan fingerprint density at radius 3 is 1.93 bits per heavy atom. The van der Waals surface area contributed by atoms with Crippen molar-refractivity contribution in [2.45, 2.75) is 0 Å². The highest BCUT2D eigenvalue weighted by molar-refractivity contribution is 5.65. The summed E-state index contributed by atoms with van der Waals surface area (Å²) < 4.78 is 0. The van der Waals surface area contributed by atoms with E-state index in [2.05, 4.69) is 63.1 Å². The summed E-state index contributed by atoms with van der Waals surface area (Å²) in [5, 5.41) is 12.2. The third-order valence-electron chi connectivity index (χ3n) is 1.93. The summed E-state index contributed by atoms with van der Waals surface area (Å²) in [6, 6.07) is 16.7. The number of hydrogen-bond acceptors (Lipinski definition) is 3. The first-order chi connectivity index (χ1) is 7.47. The predicted octanol–water partition coefficient (Wildman–Crippen LogP) is 1.99. The van der Waals surface area contributed by atoms with Crippen molar-refractivity contribution in [1.82, 2.24) is 20.6 Å². The molecular formula is C11H10N4. The minimum Gasteiger partial charge on any atom is -0.177 e. The van der Waals surface area contributed by atoms with Gasteiger partial charge in [0.25, 0.3) is 0 Å². The Labute approximate surface area is 87.3 Å². The Morgan fingerprint density at radius 1 is 0.800 bits per heavy atom. The van der Waals surface area contributed by atoms with E-state index in [4.69, 9.17) is 0 Å². The maximum absolute atomic E-state index is 3.38. The molecule has 0 amide bonds. The molecule has 1 heterocycles. The van der Waals surface area contributed by atoms with Gasteiger partial charge in [0.2, 0.25) is 0 Å². The lowest BCUT2D eigenvalue weighted by atomic mass is 10.2. The van der Waals surface area contributed by atoms with Crippen LogP contribution >= 0.6 is 0 Å². The van der Waals surface area contributed by atoms with Gasteiger partial charge in [0.05, 0.1) is 0 Å². The number of hydrogen-bond donors (Lipinski definition) is 1. The number of aromatic amines is 1. The van der Waals surface area contributed by atoms with Crippen molar-refractivity contribution >= 4 is 0 Å². The summed E-state index contributed by atoms with van der Waals surface area (Å²) in [6.07, 6.45) is 1.33. The van der Waals surface area contributed by atoms with E-state index in [1.807, 2.05) is 6.07 Å². The first-order valence-corrected chi connectivity index (χ1v) is 4.57. The Hall–Kier alpha value is -2.23. The molecule has 0 unspecified atom stereocenters. The van der Waals surface area contributed by atoms with Gasteiger partial charge in [0.15, 0.2) is 6.33 Å². The fraction of sp³-hybridized carbons (Fsp3) is 0. The molecule has 0 saturated carbocycles. The second-order valence-corrected chi connectivity index (χ2v) is 2.91. The monoisotopic (exact) mass is 198 g/mol. The predicted molar refractivity (Wildman–Crippen MR) is 57.2 cm³/mol. The smallest absolute Gasteiger partial charge is 0.161 e. The summed E-state index contributed by atoms with van der Waals surface area (Å²) in [5.74, 6) is 0. The number of H-pyrrole nitrogens is 1. The van der Waals surface area contributed by atoms with Crippen LogP contribution in [0.1, 0.15) is 0 Å². The molecule has 0 bridgehead atoms. The van der Waals surface area contributed by atoms with Crippen LogP contribution in [0, 0.1) is 0 Å². The third kappa shape index (κ3) is 2.60. The number of rotatable bonds is 0. The molecule has 4 nitrogen and oxygen atoms in total. The van der Waals surface area contributed by atoms with Crippen LogP contribution in [0.3, 0.4) is 0 Å². The Kier molecular flexibility index (Phi) is 3.02. The molecule has 0 aliphatic heterocycles. The van der Waals surface area contributed by atoms with Gasteiger partial charge in [-0.25, -0.2) is 0 Å². The Balaban J connectivity index is 0.000000144. The van der Waals surface area contributed by atoms with Gasteiger partial charge in [-0.1, -0.05) is 53.7 Å². The second kappa shape index (κ2) is 4.85. The van der Waals surface area contributed by atoms with E-state index in [0.717, 1.165) is 0 Å². The lowest BCUT2D eigenvalue weighted by Gasteiger charge is -1.85. The van der Waals surface area contributed by atoms with E-state index in [1.165, 1.54) is 17.5 Å². The largest absolute Gasteiger partial charge is 0.177 e. The molecule has 0 atom stereocenters. The van der Waals surface area contributed by atoms with Crippen molar-refractivity contribution in [2.24, 2.45) is 0 Å². The number of fused-ring (bicyclic) bond motifs is 1. The van der Waals surface area contributed by atoms with Gasteiger partial charge in [-0.3, -0.25) is 0 Å². The average Bonchev–Trinajstić information content (AvgIpc) is 2.90. The first-order valence-electron chi connectivity index (χ1n) is 4.57. The van der Waals surface area contributed by atoms with Crippen molar-refractivity contribution in [3.8, 4) is 11.1 Å². The molecule has 0 fully saturated rings. The molecule has 2 aliphatic carbocycles. The fourth-order valence-corrected chi connectivity index (χ4v) is 1.26. The fourth-order valence-electron chi connectivity index (χ4n) is 1.26. The van der Waals surface area contributed by atoms with Gasteiger partial charge in [-0.2, -0.15) is 5.21 Å². The van der Waals surface area contributed by atoms with E-state index >= 15 is 0 Å². The SMILES string of the molecule is c1ccc2cccc-2cc1.c1nn[nH]n1. The van der Waals surface area contributed by atoms with Gasteiger partial charge < -0.3 is 0 Å². The van der Waals surface area contributed by atoms with Gasteiger partial charge in [-0.05, 0) is 11.1 Å². The van der Waals surface area contributed by atoms with Crippen LogP contribution in [-0.2, 0) is 0 Å². The quantitative estimate of drug-likeness (QED) is 0.601. The first kappa shape index (κ1) is 9.33. The van der Waals surface area contributed by atoms with Gasteiger partial charge in [0, 0.05) is 0 Å². The zero-order valence-corrected chi connectivity index (χ0v) is 8.04. The minimum atomic E-state index is 1.31. The van der Waals surface area contributed by atoms with E-state index < -0.39 is 0 Å². The van der Waals surface area contributed by atoms with E-state index in [9.17, 15) is 0 Å². The molecule has 1 N–H and O–H groups in total.